The fraction of sp³-hybridized carbons (Fsp3) is 0.148. The van der Waals surface area contributed by atoms with Crippen LogP contribution in [-0.4, -0.2) is 23.9 Å². The topological polar surface area (TPSA) is 89.5 Å². The minimum absolute atomic E-state index is 0.00530. The van der Waals surface area contributed by atoms with Gasteiger partial charge >= 0.3 is 0 Å². The van der Waals surface area contributed by atoms with Gasteiger partial charge in [-0.1, -0.05) is 18.2 Å². The monoisotopic (exact) mass is 471 g/mol. The van der Waals surface area contributed by atoms with Crippen molar-refractivity contribution in [2.24, 2.45) is 5.41 Å². The molecule has 1 saturated carbocycles. The molecule has 0 unspecified atom stereocenters. The summed E-state index contributed by atoms with van der Waals surface area (Å²) in [4.78, 5) is 29.9. The van der Waals surface area contributed by atoms with Crippen LogP contribution in [-0.2, 0) is 9.59 Å². The molecule has 4 aromatic rings. The van der Waals surface area contributed by atoms with Crippen LogP contribution in [0.5, 0.6) is 17.2 Å². The predicted molar refractivity (Wildman–Crippen MR) is 130 cm³/mol. The Bertz CT molecular complexity index is 1420. The minimum Gasteiger partial charge on any atom is -0.497 e. The number of carbonyl (C=O) groups excluding carboxylic acids is 2. The Hall–Kier alpha value is -4.46. The Morgan fingerprint density at radius 3 is 2.31 bits per heavy atom. The third-order valence-corrected chi connectivity index (χ3v) is 5.97. The van der Waals surface area contributed by atoms with E-state index in [9.17, 15) is 14.0 Å². The number of aromatic nitrogens is 1. The zero-order valence-electron chi connectivity index (χ0n) is 18.9. The highest BCUT2D eigenvalue weighted by Gasteiger charge is 2.56. The zero-order chi connectivity index (χ0) is 24.4. The average Bonchev–Trinajstić information content (AvgIpc) is 3.68. The molecule has 0 spiro atoms. The third-order valence-electron chi connectivity index (χ3n) is 5.97. The molecule has 5 rings (SSSR count). The Balaban J connectivity index is 1.30. The number of fused-ring (bicyclic) bond motifs is 1. The van der Waals surface area contributed by atoms with Crippen molar-refractivity contribution in [1.82, 2.24) is 4.98 Å². The number of anilines is 2. The van der Waals surface area contributed by atoms with Gasteiger partial charge in [0.25, 0.3) is 0 Å². The van der Waals surface area contributed by atoms with E-state index in [1.807, 2.05) is 6.07 Å². The summed E-state index contributed by atoms with van der Waals surface area (Å²) < 4.78 is 25.9. The Morgan fingerprint density at radius 2 is 1.63 bits per heavy atom. The van der Waals surface area contributed by atoms with Crippen LogP contribution >= 0.6 is 0 Å². The van der Waals surface area contributed by atoms with E-state index < -0.39 is 17.1 Å². The highest BCUT2D eigenvalue weighted by atomic mass is 19.1. The Kier molecular flexibility index (Phi) is 5.78. The number of hydrogen-bond donors (Lipinski definition) is 2. The summed E-state index contributed by atoms with van der Waals surface area (Å²) in [5.41, 5.74) is 0.349. The number of carbonyl (C=O) groups is 2. The maximum atomic E-state index is 14.9. The minimum atomic E-state index is -1.15. The fourth-order valence-electron chi connectivity index (χ4n) is 3.80. The van der Waals surface area contributed by atoms with Crippen molar-refractivity contribution >= 4 is 34.1 Å². The number of hydrogen-bond acceptors (Lipinski definition) is 5. The van der Waals surface area contributed by atoms with Gasteiger partial charge in [-0.2, -0.15) is 0 Å². The highest BCUT2D eigenvalue weighted by Crippen LogP contribution is 2.47. The quantitative estimate of drug-likeness (QED) is 0.346. The number of amides is 2. The molecular formula is C27H22FN3O4. The lowest BCUT2D eigenvalue weighted by Gasteiger charge is -2.16. The summed E-state index contributed by atoms with van der Waals surface area (Å²) in [5.74, 6) is -0.410. The summed E-state index contributed by atoms with van der Waals surface area (Å²) >= 11 is 0. The number of benzene rings is 3. The van der Waals surface area contributed by atoms with Gasteiger partial charge in [0.1, 0.15) is 16.9 Å². The maximum absolute atomic E-state index is 14.9. The van der Waals surface area contributed by atoms with Crippen molar-refractivity contribution in [3.63, 3.8) is 0 Å². The van der Waals surface area contributed by atoms with Gasteiger partial charge in [-0.15, -0.1) is 0 Å². The highest BCUT2D eigenvalue weighted by molar-refractivity contribution is 6.16. The second kappa shape index (κ2) is 9.06. The van der Waals surface area contributed by atoms with E-state index in [0.29, 0.717) is 40.9 Å². The van der Waals surface area contributed by atoms with Crippen LogP contribution < -0.4 is 20.1 Å². The lowest BCUT2D eigenvalue weighted by molar-refractivity contribution is -0.131. The van der Waals surface area contributed by atoms with E-state index in [0.717, 1.165) is 0 Å². The molecule has 1 aliphatic carbocycles. The van der Waals surface area contributed by atoms with E-state index >= 15 is 0 Å². The summed E-state index contributed by atoms with van der Waals surface area (Å²) in [7, 11) is 1.57. The van der Waals surface area contributed by atoms with E-state index in [4.69, 9.17) is 9.47 Å². The Morgan fingerprint density at radius 1 is 0.886 bits per heavy atom. The van der Waals surface area contributed by atoms with E-state index in [1.165, 1.54) is 18.2 Å². The molecule has 1 fully saturated rings. The molecule has 176 valence electrons. The third kappa shape index (κ3) is 4.50. The van der Waals surface area contributed by atoms with Crippen LogP contribution in [0.3, 0.4) is 0 Å². The van der Waals surface area contributed by atoms with Gasteiger partial charge < -0.3 is 20.1 Å². The van der Waals surface area contributed by atoms with E-state index in [2.05, 4.69) is 15.6 Å². The van der Waals surface area contributed by atoms with Gasteiger partial charge in [0, 0.05) is 35.1 Å². The standard InChI is InChI=1S/C27H22FN3O4/c1-34-19-8-9-20-22(16-19)29-14-11-23(20)35-24-10-7-18(15-21(24)28)31-26(33)27(12-13-27)25(32)30-17-5-3-2-4-6-17/h2-11,14-16H,12-13H2,1H3,(H,30,32)(H,31,33). The molecule has 0 radical (unpaired) electrons. The van der Waals surface area contributed by atoms with Crippen LogP contribution in [0.4, 0.5) is 15.8 Å². The number of pyridine rings is 1. The van der Waals surface area contributed by atoms with E-state index in [1.54, 1.807) is 61.8 Å². The van der Waals surface area contributed by atoms with Crippen molar-refractivity contribution in [2.45, 2.75) is 12.8 Å². The van der Waals surface area contributed by atoms with Crippen LogP contribution in [0.1, 0.15) is 12.8 Å². The zero-order valence-corrected chi connectivity index (χ0v) is 18.9. The second-order valence-electron chi connectivity index (χ2n) is 8.30. The lowest BCUT2D eigenvalue weighted by atomic mass is 10.0. The van der Waals surface area contributed by atoms with Crippen LogP contribution in [0, 0.1) is 11.2 Å². The fourth-order valence-corrected chi connectivity index (χ4v) is 3.80. The molecule has 7 nitrogen and oxygen atoms in total. The number of nitrogens with zero attached hydrogens (tertiary/aromatic N) is 1. The van der Waals surface area contributed by atoms with Crippen molar-refractivity contribution in [3.05, 3.63) is 84.8 Å². The number of ether oxygens (including phenoxy) is 2. The van der Waals surface area contributed by atoms with Gasteiger partial charge in [0.15, 0.2) is 11.6 Å². The number of halogens is 1. The summed E-state index contributed by atoms with van der Waals surface area (Å²) in [6.07, 6.45) is 2.43. The molecule has 0 atom stereocenters. The first-order valence-electron chi connectivity index (χ1n) is 11.1. The molecule has 3 aromatic carbocycles. The smallest absolute Gasteiger partial charge is 0.240 e. The van der Waals surface area contributed by atoms with Gasteiger partial charge in [0.2, 0.25) is 11.8 Å². The maximum Gasteiger partial charge on any atom is 0.240 e. The van der Waals surface area contributed by atoms with E-state index in [-0.39, 0.29) is 17.3 Å². The molecule has 1 aromatic heterocycles. The predicted octanol–water partition coefficient (Wildman–Crippen LogP) is 5.53. The first-order chi connectivity index (χ1) is 17.0. The molecule has 2 N–H and O–H groups in total. The van der Waals surface area contributed by atoms with Gasteiger partial charge in [-0.25, -0.2) is 4.39 Å². The van der Waals surface area contributed by atoms with Crippen molar-refractivity contribution in [2.75, 3.05) is 17.7 Å². The Labute approximate surface area is 200 Å². The van der Waals surface area contributed by atoms with Gasteiger partial charge in [0.05, 0.1) is 12.6 Å². The average molecular weight is 471 g/mol. The largest absolute Gasteiger partial charge is 0.497 e. The molecule has 1 aliphatic rings. The molecule has 0 saturated heterocycles. The van der Waals surface area contributed by atoms with Gasteiger partial charge in [-0.05, 0) is 55.3 Å². The van der Waals surface area contributed by atoms with Gasteiger partial charge in [-0.3, -0.25) is 14.6 Å². The number of methoxy groups -OCH3 is 1. The number of para-hydroxylation sites is 1. The number of nitrogens with one attached hydrogen (secondary N) is 2. The second-order valence-corrected chi connectivity index (χ2v) is 8.30. The molecule has 0 bridgehead atoms. The van der Waals surface area contributed by atoms with Crippen molar-refractivity contribution in [3.8, 4) is 17.2 Å². The van der Waals surface area contributed by atoms with Crippen LogP contribution in [0.25, 0.3) is 10.9 Å². The summed E-state index contributed by atoms with van der Waals surface area (Å²) in [5, 5.41) is 6.14. The van der Waals surface area contributed by atoms with Crippen molar-refractivity contribution in [1.29, 1.82) is 0 Å². The van der Waals surface area contributed by atoms with Crippen molar-refractivity contribution < 1.29 is 23.5 Å². The normalized spacial score (nSPS) is 13.7. The first-order valence-corrected chi connectivity index (χ1v) is 11.1. The molecule has 8 heteroatoms. The molecule has 2 amide bonds. The molecule has 35 heavy (non-hydrogen) atoms. The van der Waals surface area contributed by atoms with Crippen LogP contribution in [0.2, 0.25) is 0 Å². The summed E-state index contributed by atoms with van der Waals surface area (Å²) in [6, 6.07) is 20.1. The molecule has 0 aliphatic heterocycles. The molecule has 1 heterocycles. The SMILES string of the molecule is COc1ccc2c(Oc3ccc(NC(=O)C4(C(=O)Nc5ccccc5)CC4)cc3F)ccnc2c1. The molecular weight excluding hydrogens is 449 g/mol. The lowest BCUT2D eigenvalue weighted by Crippen LogP contribution is -2.35. The first kappa shape index (κ1) is 22.3. The summed E-state index contributed by atoms with van der Waals surface area (Å²) in [6.45, 7) is 0. The number of rotatable bonds is 7. The van der Waals surface area contributed by atoms with Crippen LogP contribution in [0.15, 0.2) is 79.0 Å².